The molecule has 6 nitrogen and oxygen atoms in total. The average molecular weight is 250 g/mol. The van der Waals surface area contributed by atoms with Crippen molar-refractivity contribution < 1.29 is 20.1 Å². The minimum atomic E-state index is -0.745. The monoisotopic (exact) mass is 250 g/mol. The van der Waals surface area contributed by atoms with Gasteiger partial charge in [-0.3, -0.25) is 4.79 Å². The molecule has 1 aromatic heterocycles. The lowest BCUT2D eigenvalue weighted by Crippen LogP contribution is -1.88. The summed E-state index contributed by atoms with van der Waals surface area (Å²) in [5.74, 6) is -1.000. The van der Waals surface area contributed by atoms with Gasteiger partial charge in [0.05, 0.1) is 12.0 Å². The maximum Gasteiger partial charge on any atom is 0.303 e. The van der Waals surface area contributed by atoms with Crippen molar-refractivity contribution in [3.05, 3.63) is 36.9 Å². The van der Waals surface area contributed by atoms with Crippen molar-refractivity contribution in [1.29, 1.82) is 0 Å². The molecule has 0 bridgehead atoms. The van der Waals surface area contributed by atoms with Gasteiger partial charge in [-0.15, -0.1) is 0 Å². The molecule has 0 spiro atoms. The van der Waals surface area contributed by atoms with E-state index in [1.54, 1.807) is 36.3 Å². The van der Waals surface area contributed by atoms with Gasteiger partial charge in [0.2, 0.25) is 0 Å². The highest BCUT2D eigenvalue weighted by Crippen LogP contribution is 2.26. The second-order valence-electron chi connectivity index (χ2n) is 3.39. The zero-order chi connectivity index (χ0) is 13.5. The van der Waals surface area contributed by atoms with Crippen molar-refractivity contribution in [2.45, 2.75) is 13.3 Å². The molecule has 96 valence electrons. The summed E-state index contributed by atoms with van der Waals surface area (Å²) in [6, 6.07) is 4.60. The Bertz CT molecular complexity index is 509. The van der Waals surface area contributed by atoms with E-state index in [1.807, 2.05) is 0 Å². The van der Waals surface area contributed by atoms with Crippen molar-refractivity contribution in [2.24, 2.45) is 0 Å². The predicted molar refractivity (Wildman–Crippen MR) is 64.8 cm³/mol. The van der Waals surface area contributed by atoms with Gasteiger partial charge in [-0.2, -0.15) is 0 Å². The fraction of sp³-hybridized carbons (Fsp3) is 0.167. The van der Waals surface area contributed by atoms with Crippen LogP contribution in [0.5, 0.6) is 11.5 Å². The van der Waals surface area contributed by atoms with Crippen molar-refractivity contribution in [3.8, 4) is 17.2 Å². The molecule has 0 amide bonds. The number of nitrogens with zero attached hydrogens (tertiary/aromatic N) is 2. The molecule has 0 aliphatic heterocycles. The van der Waals surface area contributed by atoms with Gasteiger partial charge in [0.1, 0.15) is 0 Å². The minimum Gasteiger partial charge on any atom is -0.504 e. The largest absolute Gasteiger partial charge is 0.504 e. The van der Waals surface area contributed by atoms with Crippen LogP contribution < -0.4 is 0 Å². The van der Waals surface area contributed by atoms with E-state index in [-0.39, 0.29) is 17.9 Å². The molecular formula is C12H14N2O4. The highest BCUT2D eigenvalue weighted by Gasteiger charge is 2.00. The zero-order valence-corrected chi connectivity index (χ0v) is 9.82. The van der Waals surface area contributed by atoms with E-state index in [0.717, 1.165) is 5.69 Å². The first kappa shape index (κ1) is 13.6. The topological polar surface area (TPSA) is 95.6 Å². The van der Waals surface area contributed by atoms with Gasteiger partial charge in [-0.25, -0.2) is 4.98 Å². The van der Waals surface area contributed by atoms with Crippen molar-refractivity contribution >= 4 is 5.97 Å². The molecule has 2 aromatic rings. The fourth-order valence-electron chi connectivity index (χ4n) is 1.08. The fourth-order valence-corrected chi connectivity index (χ4v) is 1.08. The predicted octanol–water partition coefficient (Wildman–Crippen LogP) is 1.76. The maximum absolute atomic E-state index is 9.37. The van der Waals surface area contributed by atoms with E-state index in [1.165, 1.54) is 12.1 Å². The molecular weight excluding hydrogens is 236 g/mol. The molecule has 1 heterocycles. The van der Waals surface area contributed by atoms with Gasteiger partial charge in [0, 0.05) is 24.9 Å². The van der Waals surface area contributed by atoms with Gasteiger partial charge in [-0.05, 0) is 12.1 Å². The molecule has 0 atom stereocenters. The first-order valence-electron chi connectivity index (χ1n) is 5.26. The molecule has 0 fully saturated rings. The highest BCUT2D eigenvalue weighted by molar-refractivity contribution is 5.66. The number of aliphatic carboxylic acids is 1. The molecule has 18 heavy (non-hydrogen) atoms. The number of carbonyl (C=O) groups is 1. The normalized spacial score (nSPS) is 9.39. The molecule has 0 aliphatic rings. The van der Waals surface area contributed by atoms with Crippen molar-refractivity contribution in [1.82, 2.24) is 9.55 Å². The third-order valence-corrected chi connectivity index (χ3v) is 2.06. The number of phenols is 2. The summed E-state index contributed by atoms with van der Waals surface area (Å²) in [6.07, 6.45) is 5.24. The van der Waals surface area contributed by atoms with Crippen LogP contribution in [0.15, 0.2) is 36.9 Å². The number of rotatable bonds is 2. The first-order valence-corrected chi connectivity index (χ1v) is 5.26. The average Bonchev–Trinajstić information content (AvgIpc) is 2.87. The Morgan fingerprint density at radius 3 is 2.44 bits per heavy atom. The number of carboxylic acids is 1. The van der Waals surface area contributed by atoms with Crippen LogP contribution in [0.25, 0.3) is 5.69 Å². The molecule has 0 unspecified atom stereocenters. The Kier molecular flexibility index (Phi) is 4.74. The van der Waals surface area contributed by atoms with E-state index in [9.17, 15) is 9.90 Å². The number of imidazole rings is 1. The zero-order valence-electron chi connectivity index (χ0n) is 9.82. The van der Waals surface area contributed by atoms with Gasteiger partial charge < -0.3 is 19.9 Å². The van der Waals surface area contributed by atoms with Crippen LogP contribution in [-0.4, -0.2) is 30.8 Å². The number of hydrogen-bond donors (Lipinski definition) is 3. The van der Waals surface area contributed by atoms with Gasteiger partial charge >= 0.3 is 5.97 Å². The number of aromatic nitrogens is 2. The van der Waals surface area contributed by atoms with Gasteiger partial charge in [0.25, 0.3) is 0 Å². The summed E-state index contributed by atoms with van der Waals surface area (Å²) in [5.41, 5.74) is 0.757. The lowest BCUT2D eigenvalue weighted by molar-refractivity contribution is -0.136. The van der Waals surface area contributed by atoms with Crippen LogP contribution in [0.1, 0.15) is 13.3 Å². The molecule has 3 N–H and O–H groups in total. The van der Waals surface area contributed by atoms with Gasteiger partial charge in [0.15, 0.2) is 11.5 Å². The summed E-state index contributed by atoms with van der Waals surface area (Å²) in [5, 5.41) is 26.0. The van der Waals surface area contributed by atoms with E-state index in [2.05, 4.69) is 4.98 Å². The Morgan fingerprint density at radius 2 is 2.00 bits per heavy atom. The summed E-state index contributed by atoms with van der Waals surface area (Å²) in [7, 11) is 0. The maximum atomic E-state index is 9.37. The SMILES string of the molecule is CCC(=O)O.Oc1ccc(-n2ccnc2)cc1O. The Hall–Kier alpha value is -2.50. The second kappa shape index (κ2) is 6.29. The van der Waals surface area contributed by atoms with Crippen LogP contribution in [-0.2, 0) is 4.79 Å². The summed E-state index contributed by atoms with van der Waals surface area (Å²) >= 11 is 0. The van der Waals surface area contributed by atoms with Crippen LogP contribution >= 0.6 is 0 Å². The van der Waals surface area contributed by atoms with Crippen LogP contribution in [0.4, 0.5) is 0 Å². The quantitative estimate of drug-likeness (QED) is 0.706. The van der Waals surface area contributed by atoms with Crippen molar-refractivity contribution in [2.75, 3.05) is 0 Å². The molecule has 0 radical (unpaired) electrons. The third-order valence-electron chi connectivity index (χ3n) is 2.06. The molecule has 6 heteroatoms. The second-order valence-corrected chi connectivity index (χ2v) is 3.39. The van der Waals surface area contributed by atoms with E-state index >= 15 is 0 Å². The molecule has 0 saturated carbocycles. The Morgan fingerprint density at radius 1 is 1.33 bits per heavy atom. The van der Waals surface area contributed by atoms with E-state index < -0.39 is 5.97 Å². The molecule has 1 aromatic carbocycles. The van der Waals surface area contributed by atoms with E-state index in [4.69, 9.17) is 10.2 Å². The number of phenolic OH excluding ortho intramolecular Hbond substituents is 2. The summed E-state index contributed by atoms with van der Waals surface area (Å²) in [6.45, 7) is 1.60. The van der Waals surface area contributed by atoms with Crippen LogP contribution in [0.3, 0.4) is 0 Å². The lowest BCUT2D eigenvalue weighted by Gasteiger charge is -2.03. The Labute approximate surface area is 104 Å². The lowest BCUT2D eigenvalue weighted by atomic mass is 10.3. The summed E-state index contributed by atoms with van der Waals surface area (Å²) in [4.78, 5) is 13.2. The minimum absolute atomic E-state index is 0.121. The van der Waals surface area contributed by atoms with Crippen LogP contribution in [0.2, 0.25) is 0 Å². The van der Waals surface area contributed by atoms with Crippen molar-refractivity contribution in [3.63, 3.8) is 0 Å². The number of carboxylic acid groups (broad SMARTS) is 1. The first-order chi connectivity index (χ1) is 8.54. The molecule has 2 rings (SSSR count). The number of benzene rings is 1. The van der Waals surface area contributed by atoms with E-state index in [0.29, 0.717) is 0 Å². The number of hydrogen-bond acceptors (Lipinski definition) is 4. The Balaban J connectivity index is 0.000000280. The van der Waals surface area contributed by atoms with Crippen LogP contribution in [0, 0.1) is 0 Å². The molecule has 0 saturated heterocycles. The number of aromatic hydroxyl groups is 2. The van der Waals surface area contributed by atoms with Gasteiger partial charge in [-0.1, -0.05) is 6.92 Å². The standard InChI is InChI=1S/C9H8N2O2.C3H6O2/c12-8-2-1-7(5-9(8)13)11-4-3-10-6-11;1-2-3(4)5/h1-6,12-13H;2H2,1H3,(H,4,5). The smallest absolute Gasteiger partial charge is 0.303 e. The summed E-state index contributed by atoms with van der Waals surface area (Å²) < 4.78 is 1.74. The third kappa shape index (κ3) is 3.82. The molecule has 0 aliphatic carbocycles. The highest BCUT2D eigenvalue weighted by atomic mass is 16.4.